The number of rotatable bonds is 4. The molecule has 1 aliphatic heterocycles. The van der Waals surface area contributed by atoms with Crippen molar-refractivity contribution in [3.63, 3.8) is 0 Å². The number of aromatic nitrogens is 2. The summed E-state index contributed by atoms with van der Waals surface area (Å²) in [6.45, 7) is 0. The molecule has 0 spiro atoms. The zero-order chi connectivity index (χ0) is 30.8. The van der Waals surface area contributed by atoms with Crippen LogP contribution in [0.2, 0.25) is 0 Å². The third-order valence-corrected chi connectivity index (χ3v) is 10.5. The predicted molar refractivity (Wildman–Crippen MR) is 182 cm³/mol. The molecule has 0 radical (unpaired) electrons. The van der Waals surface area contributed by atoms with Crippen molar-refractivity contribution in [2.45, 2.75) is 9.79 Å². The highest BCUT2D eigenvalue weighted by Crippen LogP contribution is 2.47. The van der Waals surface area contributed by atoms with E-state index in [1.807, 2.05) is 133 Å². The Balaban J connectivity index is 1.17. The van der Waals surface area contributed by atoms with Crippen molar-refractivity contribution < 1.29 is 12.8 Å². The smallest absolute Gasteiger partial charge is 0.207 e. The minimum Gasteiger partial charge on any atom is -0.456 e. The van der Waals surface area contributed by atoms with Gasteiger partial charge in [0.05, 0.1) is 21.2 Å². The molecular weight excluding hydrogens is 589 g/mol. The van der Waals surface area contributed by atoms with E-state index in [1.54, 1.807) is 12.1 Å². The molecule has 218 valence electrons. The van der Waals surface area contributed by atoms with Crippen LogP contribution in [-0.2, 0) is 9.84 Å². The Morgan fingerprint density at radius 1 is 0.457 bits per heavy atom. The largest absolute Gasteiger partial charge is 0.456 e. The highest BCUT2D eigenvalue weighted by Gasteiger charge is 2.34. The van der Waals surface area contributed by atoms with E-state index in [2.05, 4.69) is 0 Å². The van der Waals surface area contributed by atoms with Gasteiger partial charge >= 0.3 is 0 Å². The summed E-state index contributed by atoms with van der Waals surface area (Å²) in [6.07, 6.45) is 0. The number of furan rings is 1. The number of fused-ring (bicyclic) bond motifs is 6. The van der Waals surface area contributed by atoms with Gasteiger partial charge in [0.2, 0.25) is 9.84 Å². The van der Waals surface area contributed by atoms with Crippen LogP contribution in [0.3, 0.4) is 0 Å². The van der Waals surface area contributed by atoms with Crippen molar-refractivity contribution in [3.8, 4) is 56.2 Å². The summed E-state index contributed by atoms with van der Waals surface area (Å²) in [4.78, 5) is 10.4. The van der Waals surface area contributed by atoms with E-state index in [1.165, 1.54) is 0 Å². The van der Waals surface area contributed by atoms with Gasteiger partial charge in [-0.25, -0.2) is 18.4 Å². The van der Waals surface area contributed by atoms with Crippen LogP contribution in [-0.4, -0.2) is 18.4 Å². The van der Waals surface area contributed by atoms with Crippen molar-refractivity contribution in [1.82, 2.24) is 9.97 Å². The van der Waals surface area contributed by atoms with Crippen LogP contribution >= 0.6 is 0 Å². The van der Waals surface area contributed by atoms with Crippen molar-refractivity contribution in [2.75, 3.05) is 0 Å². The SMILES string of the molecule is O=S1(=O)c2cc(-c3cc(-c4ccccc4)nc(-c4ccccc4)n3)ccc2-c2ccc(-c3cccc4oc5ccccc5c34)cc21. The molecule has 46 heavy (non-hydrogen) atoms. The Labute approximate surface area is 265 Å². The van der Waals surface area contributed by atoms with Gasteiger partial charge in [-0.2, -0.15) is 0 Å². The van der Waals surface area contributed by atoms with Crippen LogP contribution in [0.5, 0.6) is 0 Å². The second-order valence-corrected chi connectivity index (χ2v) is 13.3. The summed E-state index contributed by atoms with van der Waals surface area (Å²) >= 11 is 0. The van der Waals surface area contributed by atoms with Crippen molar-refractivity contribution in [3.05, 3.63) is 146 Å². The third-order valence-electron chi connectivity index (χ3n) is 8.67. The van der Waals surface area contributed by atoms with Crippen LogP contribution in [0.1, 0.15) is 0 Å². The maximum atomic E-state index is 14.2. The molecule has 8 aromatic rings. The number of sulfone groups is 1. The molecule has 0 N–H and O–H groups in total. The Morgan fingerprint density at radius 3 is 1.78 bits per heavy atom. The number of benzene rings is 6. The maximum absolute atomic E-state index is 14.2. The lowest BCUT2D eigenvalue weighted by Gasteiger charge is -2.10. The number of nitrogens with zero attached hydrogens (tertiary/aromatic N) is 2. The topological polar surface area (TPSA) is 73.1 Å². The molecule has 0 aliphatic carbocycles. The molecular formula is C40H24N2O3S. The lowest BCUT2D eigenvalue weighted by Crippen LogP contribution is -1.99. The molecule has 3 heterocycles. The molecule has 0 fully saturated rings. The van der Waals surface area contributed by atoms with Crippen LogP contribution in [0.15, 0.2) is 160 Å². The normalized spacial score (nSPS) is 13.1. The number of para-hydroxylation sites is 1. The second-order valence-electron chi connectivity index (χ2n) is 11.4. The van der Waals surface area contributed by atoms with Crippen LogP contribution < -0.4 is 0 Å². The molecule has 6 aromatic carbocycles. The molecule has 0 atom stereocenters. The predicted octanol–water partition coefficient (Wildman–Crippen LogP) is 9.86. The first-order chi connectivity index (χ1) is 22.5. The molecule has 0 amide bonds. The zero-order valence-corrected chi connectivity index (χ0v) is 25.2. The van der Waals surface area contributed by atoms with Gasteiger partial charge in [0.1, 0.15) is 11.2 Å². The summed E-state index contributed by atoms with van der Waals surface area (Å²) < 4.78 is 34.5. The molecule has 0 saturated carbocycles. The van der Waals surface area contributed by atoms with E-state index in [-0.39, 0.29) is 4.90 Å². The van der Waals surface area contributed by atoms with Gasteiger partial charge in [0.25, 0.3) is 0 Å². The van der Waals surface area contributed by atoms with Gasteiger partial charge in [0.15, 0.2) is 5.82 Å². The van der Waals surface area contributed by atoms with Gasteiger partial charge in [-0.3, -0.25) is 0 Å². The van der Waals surface area contributed by atoms with Gasteiger partial charge in [-0.15, -0.1) is 0 Å². The standard InChI is InChI=1S/C40H24N2O3S/c43-46(44)37-22-27(29-15-9-17-36-39(29)32-14-7-8-16-35(32)45-36)18-20-30(37)31-21-19-28(23-38(31)46)34-24-33(25-10-3-1-4-11-25)41-40(42-34)26-12-5-2-6-13-26/h1-24H. The molecule has 0 bridgehead atoms. The van der Waals surface area contributed by atoms with Crippen molar-refractivity contribution in [1.29, 1.82) is 0 Å². The maximum Gasteiger partial charge on any atom is 0.207 e. The number of hydrogen-bond donors (Lipinski definition) is 0. The number of hydrogen-bond acceptors (Lipinski definition) is 5. The molecule has 0 unspecified atom stereocenters. The minimum absolute atomic E-state index is 0.283. The fraction of sp³-hybridized carbons (Fsp3) is 0. The van der Waals surface area contributed by atoms with Gasteiger partial charge in [-0.05, 0) is 41.5 Å². The fourth-order valence-corrected chi connectivity index (χ4v) is 8.20. The molecule has 5 nitrogen and oxygen atoms in total. The third kappa shape index (κ3) is 4.11. The van der Waals surface area contributed by atoms with E-state index >= 15 is 0 Å². The fourth-order valence-electron chi connectivity index (χ4n) is 6.46. The first-order valence-corrected chi connectivity index (χ1v) is 16.5. The Morgan fingerprint density at radius 2 is 1.04 bits per heavy atom. The summed E-state index contributed by atoms with van der Waals surface area (Å²) in [7, 11) is -3.80. The minimum atomic E-state index is -3.80. The van der Waals surface area contributed by atoms with E-state index < -0.39 is 9.84 Å². The second kappa shape index (κ2) is 10.1. The molecule has 1 aliphatic rings. The van der Waals surface area contributed by atoms with Crippen molar-refractivity contribution >= 4 is 31.8 Å². The van der Waals surface area contributed by atoms with Gasteiger partial charge in [-0.1, -0.05) is 115 Å². The Bertz CT molecular complexity index is 2530. The lowest BCUT2D eigenvalue weighted by atomic mass is 9.96. The average molecular weight is 613 g/mol. The first kappa shape index (κ1) is 26.5. The van der Waals surface area contributed by atoms with Gasteiger partial charge in [0, 0.05) is 38.6 Å². The lowest BCUT2D eigenvalue weighted by molar-refractivity contribution is 0.598. The zero-order valence-electron chi connectivity index (χ0n) is 24.4. The van der Waals surface area contributed by atoms with Crippen LogP contribution in [0.4, 0.5) is 0 Å². The van der Waals surface area contributed by atoms with Gasteiger partial charge < -0.3 is 4.42 Å². The van der Waals surface area contributed by atoms with E-state index in [0.717, 1.165) is 49.9 Å². The molecule has 9 rings (SSSR count). The summed E-state index contributed by atoms with van der Waals surface area (Å²) in [5.74, 6) is 0.578. The van der Waals surface area contributed by atoms with E-state index in [4.69, 9.17) is 14.4 Å². The summed E-state index contributed by atoms with van der Waals surface area (Å²) in [6, 6.07) is 46.8. The average Bonchev–Trinajstić information content (AvgIpc) is 3.60. The monoisotopic (exact) mass is 612 g/mol. The van der Waals surface area contributed by atoms with E-state index in [0.29, 0.717) is 33.1 Å². The summed E-state index contributed by atoms with van der Waals surface area (Å²) in [5.41, 5.74) is 8.68. The molecule has 2 aromatic heterocycles. The van der Waals surface area contributed by atoms with E-state index in [9.17, 15) is 8.42 Å². The molecule has 6 heteroatoms. The first-order valence-electron chi connectivity index (χ1n) is 15.0. The highest BCUT2D eigenvalue weighted by molar-refractivity contribution is 7.92. The Kier molecular flexibility index (Phi) is 5.82. The van der Waals surface area contributed by atoms with Crippen LogP contribution in [0, 0.1) is 0 Å². The highest BCUT2D eigenvalue weighted by atomic mass is 32.2. The molecule has 0 saturated heterocycles. The quantitative estimate of drug-likeness (QED) is 0.198. The van der Waals surface area contributed by atoms with Crippen LogP contribution in [0.25, 0.3) is 78.1 Å². The Hall–Kier alpha value is -5.85. The summed E-state index contributed by atoms with van der Waals surface area (Å²) in [5, 5.41) is 1.97. The van der Waals surface area contributed by atoms with Crippen molar-refractivity contribution in [2.24, 2.45) is 0 Å².